The molecule has 4 rings (SSSR count). The molecule has 0 spiro atoms. The molecule has 0 fully saturated rings. The lowest BCUT2D eigenvalue weighted by Gasteiger charge is -2.32. The number of fused-ring (bicyclic) bond motifs is 3. The van der Waals surface area contributed by atoms with Crippen molar-refractivity contribution in [2.45, 2.75) is 25.8 Å². The predicted molar refractivity (Wildman–Crippen MR) is 87.4 cm³/mol. The van der Waals surface area contributed by atoms with Gasteiger partial charge in [0.2, 0.25) is 6.41 Å². The van der Waals surface area contributed by atoms with Crippen LogP contribution in [0.4, 0.5) is 5.69 Å². The van der Waals surface area contributed by atoms with E-state index >= 15 is 0 Å². The molecule has 1 aliphatic heterocycles. The molecule has 0 saturated carbocycles. The molecule has 2 heterocycles. The summed E-state index contributed by atoms with van der Waals surface area (Å²) in [4.78, 5) is 17.8. The average molecular weight is 291 g/mol. The summed E-state index contributed by atoms with van der Waals surface area (Å²) in [6.45, 7) is 2.09. The van der Waals surface area contributed by atoms with E-state index in [9.17, 15) is 4.79 Å². The van der Waals surface area contributed by atoms with Gasteiger partial charge in [0.25, 0.3) is 0 Å². The Bertz CT molecular complexity index is 838. The molecule has 1 unspecified atom stereocenters. The van der Waals surface area contributed by atoms with E-state index in [0.29, 0.717) is 0 Å². The van der Waals surface area contributed by atoms with Gasteiger partial charge in [-0.05, 0) is 44.0 Å². The molecule has 110 valence electrons. The zero-order valence-corrected chi connectivity index (χ0v) is 12.4. The van der Waals surface area contributed by atoms with Crippen molar-refractivity contribution in [2.75, 3.05) is 4.90 Å². The van der Waals surface area contributed by atoms with Crippen LogP contribution in [0.15, 0.2) is 48.8 Å². The van der Waals surface area contributed by atoms with E-state index in [1.54, 1.807) is 0 Å². The Morgan fingerprint density at radius 2 is 2.00 bits per heavy atom. The van der Waals surface area contributed by atoms with Crippen molar-refractivity contribution in [2.24, 2.45) is 0 Å². The first-order valence-electron chi connectivity index (χ1n) is 7.57. The smallest absolute Gasteiger partial charge is 0.214 e. The standard InChI is InChI=1S/C18H17N3O/c1-13-7-8-15-16(21(13)12-22)9-10-17-18(15)19-11-20(17)14-5-3-2-4-6-14/h2-6,9-13H,7-8H2,1H3. The Morgan fingerprint density at radius 1 is 1.18 bits per heavy atom. The molecule has 2 aromatic carbocycles. The van der Waals surface area contributed by atoms with Gasteiger partial charge in [-0.3, -0.25) is 9.36 Å². The second kappa shape index (κ2) is 4.98. The van der Waals surface area contributed by atoms with Gasteiger partial charge in [0.1, 0.15) is 6.33 Å². The maximum Gasteiger partial charge on any atom is 0.214 e. The molecule has 1 amide bonds. The number of benzene rings is 2. The molecule has 1 aliphatic rings. The van der Waals surface area contributed by atoms with Crippen LogP contribution >= 0.6 is 0 Å². The number of hydrogen-bond acceptors (Lipinski definition) is 2. The average Bonchev–Trinajstić information content (AvgIpc) is 2.99. The lowest BCUT2D eigenvalue weighted by Crippen LogP contribution is -2.36. The minimum atomic E-state index is 0.249. The van der Waals surface area contributed by atoms with E-state index in [-0.39, 0.29) is 6.04 Å². The van der Waals surface area contributed by atoms with Crippen molar-refractivity contribution < 1.29 is 4.79 Å². The fourth-order valence-corrected chi connectivity index (χ4v) is 3.30. The maximum atomic E-state index is 11.4. The van der Waals surface area contributed by atoms with Gasteiger partial charge in [-0.1, -0.05) is 18.2 Å². The van der Waals surface area contributed by atoms with Crippen molar-refractivity contribution in [1.29, 1.82) is 0 Å². The lowest BCUT2D eigenvalue weighted by molar-refractivity contribution is -0.107. The van der Waals surface area contributed by atoms with E-state index in [1.807, 2.05) is 35.5 Å². The number of anilines is 1. The highest BCUT2D eigenvalue weighted by atomic mass is 16.1. The Morgan fingerprint density at radius 3 is 2.77 bits per heavy atom. The first kappa shape index (κ1) is 13.1. The number of para-hydroxylation sites is 1. The number of carbonyl (C=O) groups is 1. The summed E-state index contributed by atoms with van der Waals surface area (Å²) in [6, 6.07) is 14.5. The van der Waals surface area contributed by atoms with E-state index in [4.69, 9.17) is 0 Å². The van der Waals surface area contributed by atoms with Crippen LogP contribution in [-0.4, -0.2) is 22.0 Å². The summed E-state index contributed by atoms with van der Waals surface area (Å²) in [5, 5.41) is 0. The number of amides is 1. The molecular formula is C18H17N3O. The van der Waals surface area contributed by atoms with Gasteiger partial charge in [0.05, 0.1) is 11.0 Å². The lowest BCUT2D eigenvalue weighted by atomic mass is 9.96. The monoisotopic (exact) mass is 291 g/mol. The third kappa shape index (κ3) is 1.84. The van der Waals surface area contributed by atoms with Gasteiger partial charge in [-0.15, -0.1) is 0 Å². The van der Waals surface area contributed by atoms with Gasteiger partial charge in [0.15, 0.2) is 0 Å². The number of imidazole rings is 1. The predicted octanol–water partition coefficient (Wildman–Crippen LogP) is 3.32. The Balaban J connectivity index is 1.92. The highest BCUT2D eigenvalue weighted by molar-refractivity contribution is 5.91. The van der Waals surface area contributed by atoms with Crippen LogP contribution in [0.2, 0.25) is 0 Å². The first-order chi connectivity index (χ1) is 10.8. The number of hydrogen-bond donors (Lipinski definition) is 0. The van der Waals surface area contributed by atoms with Gasteiger partial charge >= 0.3 is 0 Å². The summed E-state index contributed by atoms with van der Waals surface area (Å²) in [5.41, 5.74) is 5.36. The number of aromatic nitrogens is 2. The number of nitrogens with zero attached hydrogens (tertiary/aromatic N) is 3. The minimum absolute atomic E-state index is 0.249. The summed E-state index contributed by atoms with van der Waals surface area (Å²) in [7, 11) is 0. The molecule has 0 N–H and O–H groups in total. The van der Waals surface area contributed by atoms with E-state index in [0.717, 1.165) is 41.7 Å². The SMILES string of the molecule is CC1CCc2c(ccc3c2ncn3-c2ccccc2)N1C=O. The second-order valence-electron chi connectivity index (χ2n) is 5.78. The van der Waals surface area contributed by atoms with Crippen LogP contribution in [-0.2, 0) is 11.2 Å². The van der Waals surface area contributed by atoms with E-state index in [1.165, 1.54) is 5.56 Å². The molecule has 3 aromatic rings. The summed E-state index contributed by atoms with van der Waals surface area (Å²) < 4.78 is 2.10. The highest BCUT2D eigenvalue weighted by Gasteiger charge is 2.25. The van der Waals surface area contributed by atoms with Gasteiger partial charge in [0, 0.05) is 23.0 Å². The molecule has 1 aromatic heterocycles. The molecular weight excluding hydrogens is 274 g/mol. The molecule has 4 nitrogen and oxygen atoms in total. The van der Waals surface area contributed by atoms with E-state index in [2.05, 4.69) is 34.7 Å². The van der Waals surface area contributed by atoms with Crippen LogP contribution in [0.3, 0.4) is 0 Å². The van der Waals surface area contributed by atoms with Gasteiger partial charge < -0.3 is 4.90 Å². The van der Waals surface area contributed by atoms with Gasteiger partial charge in [-0.2, -0.15) is 0 Å². The Kier molecular flexibility index (Phi) is 2.96. The van der Waals surface area contributed by atoms with Crippen molar-refractivity contribution in [3.63, 3.8) is 0 Å². The number of aryl methyl sites for hydroxylation is 1. The summed E-state index contributed by atoms with van der Waals surface area (Å²) in [6.07, 6.45) is 4.74. The third-order valence-corrected chi connectivity index (χ3v) is 4.51. The van der Waals surface area contributed by atoms with Crippen molar-refractivity contribution in [1.82, 2.24) is 9.55 Å². The van der Waals surface area contributed by atoms with Crippen molar-refractivity contribution >= 4 is 23.1 Å². The topological polar surface area (TPSA) is 38.1 Å². The third-order valence-electron chi connectivity index (χ3n) is 4.51. The Labute approximate surface area is 129 Å². The Hall–Kier alpha value is -2.62. The molecule has 1 atom stereocenters. The molecule has 0 aliphatic carbocycles. The van der Waals surface area contributed by atoms with Crippen LogP contribution < -0.4 is 4.90 Å². The van der Waals surface area contributed by atoms with Gasteiger partial charge in [-0.25, -0.2) is 4.98 Å². The fraction of sp³-hybridized carbons (Fsp3) is 0.222. The normalized spacial score (nSPS) is 17.5. The number of carbonyl (C=O) groups excluding carboxylic acids is 1. The maximum absolute atomic E-state index is 11.4. The molecule has 22 heavy (non-hydrogen) atoms. The quantitative estimate of drug-likeness (QED) is 0.679. The van der Waals surface area contributed by atoms with Crippen LogP contribution in [0.5, 0.6) is 0 Å². The molecule has 0 radical (unpaired) electrons. The zero-order chi connectivity index (χ0) is 15.1. The highest BCUT2D eigenvalue weighted by Crippen LogP contribution is 2.35. The zero-order valence-electron chi connectivity index (χ0n) is 12.4. The van der Waals surface area contributed by atoms with Crippen molar-refractivity contribution in [3.8, 4) is 5.69 Å². The van der Waals surface area contributed by atoms with Crippen molar-refractivity contribution in [3.05, 3.63) is 54.4 Å². The molecule has 0 saturated heterocycles. The fourth-order valence-electron chi connectivity index (χ4n) is 3.30. The molecule has 0 bridgehead atoms. The number of rotatable bonds is 2. The van der Waals surface area contributed by atoms with Crippen LogP contribution in [0.25, 0.3) is 16.7 Å². The van der Waals surface area contributed by atoms with Crippen LogP contribution in [0.1, 0.15) is 18.9 Å². The van der Waals surface area contributed by atoms with E-state index < -0.39 is 0 Å². The second-order valence-corrected chi connectivity index (χ2v) is 5.78. The van der Waals surface area contributed by atoms with Crippen LogP contribution in [0, 0.1) is 0 Å². The summed E-state index contributed by atoms with van der Waals surface area (Å²) in [5.74, 6) is 0. The first-order valence-corrected chi connectivity index (χ1v) is 7.57. The minimum Gasteiger partial charge on any atom is -0.312 e. The largest absolute Gasteiger partial charge is 0.312 e. The summed E-state index contributed by atoms with van der Waals surface area (Å²) >= 11 is 0. The molecule has 4 heteroatoms.